The Morgan fingerprint density at radius 2 is 2.18 bits per heavy atom. The number of rotatable bonds is 6. The Morgan fingerprint density at radius 3 is 2.76 bits per heavy atom. The van der Waals surface area contributed by atoms with Gasteiger partial charge in [0.2, 0.25) is 0 Å². The number of carbonyl (C=O) groups excluding carboxylic acids is 1. The molecular formula is C13H17NO3. The third-order valence-electron chi connectivity index (χ3n) is 2.15. The summed E-state index contributed by atoms with van der Waals surface area (Å²) in [5.41, 5.74) is 0.949. The van der Waals surface area contributed by atoms with Gasteiger partial charge in [0, 0.05) is 7.11 Å². The number of benzene rings is 1. The summed E-state index contributed by atoms with van der Waals surface area (Å²) >= 11 is 0. The molecule has 0 aromatic heterocycles. The van der Waals surface area contributed by atoms with Gasteiger partial charge in [0.15, 0.2) is 0 Å². The molecule has 0 aliphatic heterocycles. The molecule has 1 unspecified atom stereocenters. The van der Waals surface area contributed by atoms with Crippen LogP contribution >= 0.6 is 0 Å². The van der Waals surface area contributed by atoms with Crippen molar-refractivity contribution in [3.63, 3.8) is 0 Å². The predicted molar refractivity (Wildman–Crippen MR) is 65.6 cm³/mol. The minimum absolute atomic E-state index is 0.233. The van der Waals surface area contributed by atoms with Gasteiger partial charge in [-0.3, -0.25) is 0 Å². The highest BCUT2D eigenvalue weighted by molar-refractivity contribution is 5.67. The third kappa shape index (κ3) is 5.17. The van der Waals surface area contributed by atoms with E-state index in [1.807, 2.05) is 30.3 Å². The topological polar surface area (TPSA) is 47.6 Å². The molecule has 1 N–H and O–H groups in total. The zero-order valence-electron chi connectivity index (χ0n) is 9.89. The Kier molecular flexibility index (Phi) is 5.82. The largest absolute Gasteiger partial charge is 0.445 e. The third-order valence-corrected chi connectivity index (χ3v) is 2.15. The van der Waals surface area contributed by atoms with Gasteiger partial charge in [-0.15, -0.1) is 6.58 Å². The Balaban J connectivity index is 2.32. The predicted octanol–water partition coefficient (Wildman–Crippen LogP) is 2.11. The van der Waals surface area contributed by atoms with Crippen LogP contribution < -0.4 is 5.32 Å². The second-order valence-electron chi connectivity index (χ2n) is 3.50. The van der Waals surface area contributed by atoms with Crippen LogP contribution in [0.3, 0.4) is 0 Å². The number of alkyl carbamates (subject to hydrolysis) is 1. The molecule has 1 amide bonds. The lowest BCUT2D eigenvalue weighted by atomic mass is 10.2. The lowest BCUT2D eigenvalue weighted by Gasteiger charge is -2.13. The zero-order valence-corrected chi connectivity index (χ0v) is 9.89. The number of hydrogen-bond acceptors (Lipinski definition) is 3. The second-order valence-corrected chi connectivity index (χ2v) is 3.50. The van der Waals surface area contributed by atoms with Gasteiger partial charge in [-0.25, -0.2) is 4.79 Å². The smallest absolute Gasteiger partial charge is 0.408 e. The molecule has 1 aromatic rings. The van der Waals surface area contributed by atoms with Crippen molar-refractivity contribution in [2.24, 2.45) is 0 Å². The maximum absolute atomic E-state index is 11.4. The molecule has 0 heterocycles. The van der Waals surface area contributed by atoms with Crippen molar-refractivity contribution in [3.8, 4) is 0 Å². The fourth-order valence-electron chi connectivity index (χ4n) is 1.26. The first kappa shape index (κ1) is 13.3. The number of ether oxygens (including phenoxy) is 2. The molecule has 0 radical (unpaired) electrons. The Bertz CT molecular complexity index is 351. The highest BCUT2D eigenvalue weighted by Crippen LogP contribution is 2.00. The number of methoxy groups -OCH3 is 1. The van der Waals surface area contributed by atoms with Crippen LogP contribution in [0.4, 0.5) is 4.79 Å². The summed E-state index contributed by atoms with van der Waals surface area (Å²) in [6.45, 7) is 4.23. The molecule has 0 saturated heterocycles. The summed E-state index contributed by atoms with van der Waals surface area (Å²) < 4.78 is 9.97. The average Bonchev–Trinajstić information content (AvgIpc) is 2.37. The van der Waals surface area contributed by atoms with E-state index in [-0.39, 0.29) is 12.6 Å². The molecular weight excluding hydrogens is 218 g/mol. The van der Waals surface area contributed by atoms with Crippen molar-refractivity contribution in [3.05, 3.63) is 48.6 Å². The standard InChI is InChI=1S/C13H17NO3/c1-3-12(10-16-2)14-13(15)17-9-11-7-5-4-6-8-11/h3-8,12H,1,9-10H2,2H3,(H,14,15). The van der Waals surface area contributed by atoms with E-state index < -0.39 is 6.09 Å². The van der Waals surface area contributed by atoms with Gasteiger partial charge in [0.1, 0.15) is 6.61 Å². The molecule has 1 atom stereocenters. The first-order valence-electron chi connectivity index (χ1n) is 5.35. The van der Waals surface area contributed by atoms with Crippen LogP contribution in [-0.2, 0) is 16.1 Å². The Morgan fingerprint density at radius 1 is 1.47 bits per heavy atom. The van der Waals surface area contributed by atoms with Crippen LogP contribution in [0, 0.1) is 0 Å². The lowest BCUT2D eigenvalue weighted by molar-refractivity contribution is 0.126. The molecule has 0 aliphatic carbocycles. The molecule has 92 valence electrons. The van der Waals surface area contributed by atoms with Gasteiger partial charge in [-0.2, -0.15) is 0 Å². The SMILES string of the molecule is C=CC(COC)NC(=O)OCc1ccccc1. The molecule has 4 nitrogen and oxygen atoms in total. The quantitative estimate of drug-likeness (QED) is 0.768. The normalized spacial score (nSPS) is 11.6. The molecule has 1 rings (SSSR count). The zero-order chi connectivity index (χ0) is 12.5. The number of carbonyl (C=O) groups is 1. The molecule has 0 aliphatic rings. The van der Waals surface area contributed by atoms with Gasteiger partial charge in [0.25, 0.3) is 0 Å². The van der Waals surface area contributed by atoms with Crippen LogP contribution in [0.25, 0.3) is 0 Å². The van der Waals surface area contributed by atoms with Gasteiger partial charge < -0.3 is 14.8 Å². The summed E-state index contributed by atoms with van der Waals surface area (Å²) in [6, 6.07) is 9.27. The minimum Gasteiger partial charge on any atom is -0.445 e. The van der Waals surface area contributed by atoms with Gasteiger partial charge in [-0.05, 0) is 5.56 Å². The van der Waals surface area contributed by atoms with E-state index in [4.69, 9.17) is 9.47 Å². The summed E-state index contributed by atoms with van der Waals surface area (Å²) in [4.78, 5) is 11.4. The van der Waals surface area contributed by atoms with Crippen LogP contribution in [0.2, 0.25) is 0 Å². The van der Waals surface area contributed by atoms with Crippen molar-refractivity contribution in [1.29, 1.82) is 0 Å². The van der Waals surface area contributed by atoms with Crippen molar-refractivity contribution in [1.82, 2.24) is 5.32 Å². The van der Waals surface area contributed by atoms with Crippen LogP contribution in [0.1, 0.15) is 5.56 Å². The lowest BCUT2D eigenvalue weighted by Crippen LogP contribution is -2.36. The van der Waals surface area contributed by atoms with Gasteiger partial charge in [-0.1, -0.05) is 36.4 Å². The van der Waals surface area contributed by atoms with Crippen molar-refractivity contribution in [2.45, 2.75) is 12.6 Å². The molecule has 0 spiro atoms. The van der Waals surface area contributed by atoms with Gasteiger partial charge >= 0.3 is 6.09 Å². The molecule has 0 fully saturated rings. The molecule has 17 heavy (non-hydrogen) atoms. The maximum Gasteiger partial charge on any atom is 0.408 e. The fourth-order valence-corrected chi connectivity index (χ4v) is 1.26. The minimum atomic E-state index is -0.476. The van der Waals surface area contributed by atoms with E-state index in [1.165, 1.54) is 0 Å². The van der Waals surface area contributed by atoms with Crippen molar-refractivity contribution >= 4 is 6.09 Å². The monoisotopic (exact) mass is 235 g/mol. The van der Waals surface area contributed by atoms with E-state index in [0.29, 0.717) is 6.61 Å². The summed E-state index contributed by atoms with van der Waals surface area (Å²) in [5, 5.41) is 2.63. The maximum atomic E-state index is 11.4. The van der Waals surface area contributed by atoms with Crippen molar-refractivity contribution < 1.29 is 14.3 Å². The fraction of sp³-hybridized carbons (Fsp3) is 0.308. The van der Waals surface area contributed by atoms with E-state index in [2.05, 4.69) is 11.9 Å². The highest BCUT2D eigenvalue weighted by Gasteiger charge is 2.09. The van der Waals surface area contributed by atoms with Gasteiger partial charge in [0.05, 0.1) is 12.6 Å². The molecule has 0 bridgehead atoms. The highest BCUT2D eigenvalue weighted by atomic mass is 16.5. The number of nitrogens with one attached hydrogen (secondary N) is 1. The second kappa shape index (κ2) is 7.46. The van der Waals surface area contributed by atoms with E-state index in [9.17, 15) is 4.79 Å². The first-order chi connectivity index (χ1) is 8.26. The average molecular weight is 235 g/mol. The first-order valence-corrected chi connectivity index (χ1v) is 5.35. The summed E-state index contributed by atoms with van der Waals surface area (Å²) in [7, 11) is 1.56. The van der Waals surface area contributed by atoms with E-state index >= 15 is 0 Å². The molecule has 4 heteroatoms. The number of amides is 1. The molecule has 0 saturated carbocycles. The van der Waals surface area contributed by atoms with Crippen LogP contribution in [0.15, 0.2) is 43.0 Å². The summed E-state index contributed by atoms with van der Waals surface area (Å²) in [5.74, 6) is 0. The van der Waals surface area contributed by atoms with Crippen molar-refractivity contribution in [2.75, 3.05) is 13.7 Å². The Labute approximate surface area is 101 Å². The van der Waals surface area contributed by atoms with Crippen LogP contribution in [-0.4, -0.2) is 25.9 Å². The van der Waals surface area contributed by atoms with E-state index in [0.717, 1.165) is 5.56 Å². The number of hydrogen-bond donors (Lipinski definition) is 1. The Hall–Kier alpha value is -1.81. The molecule has 1 aromatic carbocycles. The van der Waals surface area contributed by atoms with Crippen LogP contribution in [0.5, 0.6) is 0 Å². The summed E-state index contributed by atoms with van der Waals surface area (Å²) in [6.07, 6.45) is 1.13. The van der Waals surface area contributed by atoms with E-state index in [1.54, 1.807) is 13.2 Å².